The molecule has 0 saturated heterocycles. The maximum absolute atomic E-state index is 13.9. The van der Waals surface area contributed by atoms with Crippen LogP contribution in [0.25, 0.3) is 5.57 Å². The van der Waals surface area contributed by atoms with Crippen molar-refractivity contribution >= 4 is 11.5 Å². The number of aliphatic carboxylic acids is 1. The van der Waals surface area contributed by atoms with Gasteiger partial charge in [-0.1, -0.05) is 31.6 Å². The molecule has 0 fully saturated rings. The van der Waals surface area contributed by atoms with E-state index in [0.717, 1.165) is 22.3 Å². The Morgan fingerprint density at radius 1 is 0.939 bits per heavy atom. The van der Waals surface area contributed by atoms with Crippen molar-refractivity contribution in [1.29, 1.82) is 0 Å². The van der Waals surface area contributed by atoms with Crippen molar-refractivity contribution in [2.75, 3.05) is 0 Å². The van der Waals surface area contributed by atoms with Gasteiger partial charge in [-0.25, -0.2) is 8.78 Å². The molecule has 0 heterocycles. The van der Waals surface area contributed by atoms with Crippen LogP contribution >= 0.6 is 0 Å². The molecule has 0 aliphatic heterocycles. The Hall–Kier alpha value is -1.57. The maximum Gasteiger partial charge on any atom is 1.00 e. The quantitative estimate of drug-likeness (QED) is 0.512. The summed E-state index contributed by atoms with van der Waals surface area (Å²) in [7, 11) is 0. The van der Waals surface area contributed by atoms with E-state index in [2.05, 4.69) is 0 Å². The third kappa shape index (κ3) is 8.62. The minimum absolute atomic E-state index is 0. The van der Waals surface area contributed by atoms with Crippen LogP contribution in [0, 0.1) is 31.4 Å². The van der Waals surface area contributed by atoms with Gasteiger partial charge in [0.2, 0.25) is 0 Å². The molecule has 4 nitrogen and oxygen atoms in total. The van der Waals surface area contributed by atoms with E-state index in [9.17, 15) is 28.9 Å². The Morgan fingerprint density at radius 2 is 1.42 bits per heavy atom. The zero-order chi connectivity index (χ0) is 24.0. The fourth-order valence-electron chi connectivity index (χ4n) is 3.87. The number of rotatable bonds is 10. The van der Waals surface area contributed by atoms with Crippen LogP contribution in [0.2, 0.25) is 0 Å². The van der Waals surface area contributed by atoms with Crippen molar-refractivity contribution in [3.8, 4) is 0 Å². The largest absolute Gasteiger partial charge is 1.00 e. The van der Waals surface area contributed by atoms with Gasteiger partial charge in [0.1, 0.15) is 11.6 Å². The molecule has 2 rings (SSSR count). The Labute approximate surface area is 216 Å². The number of halogens is 2. The summed E-state index contributed by atoms with van der Waals surface area (Å²) in [5.41, 5.74) is 4.43. The Balaban J connectivity index is 0.00000544. The fourth-order valence-corrected chi connectivity index (χ4v) is 3.87. The number of carboxylic acids is 1. The summed E-state index contributed by atoms with van der Waals surface area (Å²) >= 11 is 0. The number of carbonyl (C=O) groups is 1. The summed E-state index contributed by atoms with van der Waals surface area (Å²) < 4.78 is 27.9. The number of aryl methyl sites for hydroxylation is 2. The Kier molecular flexibility index (Phi) is 11.9. The summed E-state index contributed by atoms with van der Waals surface area (Å²) in [6.45, 7) is 7.40. The van der Waals surface area contributed by atoms with Crippen LogP contribution in [-0.2, 0) is 4.79 Å². The molecule has 0 saturated carbocycles. The van der Waals surface area contributed by atoms with Crippen LogP contribution in [0.4, 0.5) is 8.78 Å². The predicted octanol–water partition coefficient (Wildman–Crippen LogP) is 1.08. The molecule has 0 radical (unpaired) electrons. The van der Waals surface area contributed by atoms with Crippen molar-refractivity contribution in [2.45, 2.75) is 65.6 Å². The van der Waals surface area contributed by atoms with Crippen LogP contribution in [0.3, 0.4) is 0 Å². The van der Waals surface area contributed by atoms with Gasteiger partial charge < -0.3 is 20.1 Å². The number of carbonyl (C=O) groups excluding carboxylic acids is 1. The number of benzene rings is 2. The second-order valence-electron chi connectivity index (χ2n) is 8.64. The Morgan fingerprint density at radius 3 is 1.82 bits per heavy atom. The molecule has 2 aromatic carbocycles. The number of aliphatic hydroxyl groups excluding tert-OH is 2. The minimum atomic E-state index is -1.37. The zero-order valence-electron chi connectivity index (χ0n) is 20.0. The van der Waals surface area contributed by atoms with E-state index in [1.165, 1.54) is 12.1 Å². The van der Waals surface area contributed by atoms with E-state index in [4.69, 9.17) is 0 Å². The van der Waals surface area contributed by atoms with E-state index in [1.807, 2.05) is 13.8 Å². The topological polar surface area (TPSA) is 80.6 Å². The molecule has 2 N–H and O–H groups in total. The molecule has 2 aromatic rings. The molecule has 0 spiro atoms. The molecule has 0 aromatic heterocycles. The number of hydrogen-bond donors (Lipinski definition) is 2. The molecule has 0 aliphatic rings. The van der Waals surface area contributed by atoms with Gasteiger partial charge in [-0.15, -0.1) is 0 Å². The number of aliphatic hydroxyl groups is 2. The summed E-state index contributed by atoms with van der Waals surface area (Å²) in [6, 6.07) is 9.71. The van der Waals surface area contributed by atoms with E-state index in [0.29, 0.717) is 24.0 Å². The molecule has 0 amide bonds. The van der Waals surface area contributed by atoms with E-state index < -0.39 is 24.6 Å². The maximum atomic E-state index is 13.9. The van der Waals surface area contributed by atoms with Gasteiger partial charge >= 0.3 is 29.6 Å². The smallest absolute Gasteiger partial charge is 0.550 e. The van der Waals surface area contributed by atoms with Crippen molar-refractivity contribution in [2.24, 2.45) is 5.92 Å². The molecule has 2 atom stereocenters. The average Bonchev–Trinajstić information content (AvgIpc) is 2.68. The second kappa shape index (κ2) is 13.4. The van der Waals surface area contributed by atoms with Gasteiger partial charge in [0, 0.05) is 12.4 Å². The van der Waals surface area contributed by atoms with Crippen LogP contribution in [0.5, 0.6) is 0 Å². The molecule has 7 heteroatoms. The molecule has 0 bridgehead atoms. The summed E-state index contributed by atoms with van der Waals surface area (Å²) in [6.07, 6.45) is -1.90. The van der Waals surface area contributed by atoms with Crippen LogP contribution < -0.4 is 34.7 Å². The number of hydrogen-bond acceptors (Lipinski definition) is 4. The zero-order valence-corrected chi connectivity index (χ0v) is 22.0. The fraction of sp³-hybridized carbons (Fsp3) is 0.423. The van der Waals surface area contributed by atoms with Crippen molar-refractivity contribution in [3.05, 3.63) is 75.9 Å². The molecule has 0 aliphatic carbocycles. The molecule has 0 unspecified atom stereocenters. The standard InChI is InChI=1S/C26H32F2O4.Na/c1-15(2)22(8-7-20(29)13-21(30)14-25(31)32)26(18-5-9-23(27)16(3)11-18)19-6-10-24(28)17(4)12-19;/h5-6,9-12,15,20-21,29-30H,7-8,13-14H2,1-4H3,(H,31,32);/q;+1/p-1/t20-,21-;/m1./s1. The first-order valence-electron chi connectivity index (χ1n) is 10.8. The van der Waals surface area contributed by atoms with Gasteiger partial charge in [-0.3, -0.25) is 0 Å². The minimum Gasteiger partial charge on any atom is -0.550 e. The van der Waals surface area contributed by atoms with Crippen molar-refractivity contribution in [1.82, 2.24) is 0 Å². The summed E-state index contributed by atoms with van der Waals surface area (Å²) in [4.78, 5) is 10.6. The van der Waals surface area contributed by atoms with Gasteiger partial charge in [0.25, 0.3) is 0 Å². The first-order chi connectivity index (χ1) is 15.0. The molecular weight excluding hydrogens is 437 g/mol. The number of carboxylic acid groups (broad SMARTS) is 1. The van der Waals surface area contributed by atoms with Crippen molar-refractivity contribution < 1.29 is 58.5 Å². The summed E-state index contributed by atoms with van der Waals surface area (Å²) in [5.74, 6) is -1.92. The SMILES string of the molecule is Cc1cc(C(=C(CC[C@@H](O)C[C@@H](O)CC(=O)[O-])C(C)C)c2ccc(F)c(C)c2)ccc1F.[Na+]. The van der Waals surface area contributed by atoms with Crippen molar-refractivity contribution in [3.63, 3.8) is 0 Å². The first-order valence-corrected chi connectivity index (χ1v) is 10.8. The van der Waals surface area contributed by atoms with Crippen LogP contribution in [-0.4, -0.2) is 28.4 Å². The van der Waals surface area contributed by atoms with Crippen LogP contribution in [0.15, 0.2) is 42.0 Å². The second-order valence-corrected chi connectivity index (χ2v) is 8.64. The number of allylic oxidation sites excluding steroid dienone is 1. The third-order valence-electron chi connectivity index (χ3n) is 5.60. The monoisotopic (exact) mass is 468 g/mol. The molecule has 174 valence electrons. The summed E-state index contributed by atoms with van der Waals surface area (Å²) in [5, 5.41) is 30.8. The van der Waals surface area contributed by atoms with E-state index in [-0.39, 0.29) is 53.5 Å². The Bertz CT molecular complexity index is 935. The first kappa shape index (κ1) is 29.5. The normalized spacial score (nSPS) is 12.8. The van der Waals surface area contributed by atoms with Crippen LogP contribution in [0.1, 0.15) is 61.8 Å². The van der Waals surface area contributed by atoms with Gasteiger partial charge in [0.15, 0.2) is 0 Å². The van der Waals surface area contributed by atoms with E-state index in [1.54, 1.807) is 38.1 Å². The predicted molar refractivity (Wildman–Crippen MR) is 119 cm³/mol. The van der Waals surface area contributed by atoms with Gasteiger partial charge in [-0.05, 0) is 91.1 Å². The average molecular weight is 469 g/mol. The molecule has 33 heavy (non-hydrogen) atoms. The molecular formula is C26H31F2NaO4. The third-order valence-corrected chi connectivity index (χ3v) is 5.60. The van der Waals surface area contributed by atoms with Gasteiger partial charge in [0.05, 0.1) is 12.2 Å². The van der Waals surface area contributed by atoms with Gasteiger partial charge in [-0.2, -0.15) is 0 Å². The van der Waals surface area contributed by atoms with E-state index >= 15 is 0 Å².